The van der Waals surface area contributed by atoms with Crippen LogP contribution in [0.25, 0.3) is 21.7 Å². The van der Waals surface area contributed by atoms with Crippen molar-refractivity contribution in [1.29, 1.82) is 0 Å². The van der Waals surface area contributed by atoms with Crippen molar-refractivity contribution in [2.24, 2.45) is 5.11 Å². The standard InChI is InChI=1S/C15H8ClN5O3/c1-24-14-11(20-21-17)12(22)9-10(13(14)23)19-15(16)8(18-9)7-5-3-2-4-6-7/h2-6H,1H3. The summed E-state index contributed by atoms with van der Waals surface area (Å²) in [6, 6.07) is 8.83. The van der Waals surface area contributed by atoms with Gasteiger partial charge in [0.05, 0.1) is 7.11 Å². The SMILES string of the molecule is COC1=C(N=[N+]=[N-])C(=O)c2nc(-c3ccccc3)c(Cl)nc2C1=O. The van der Waals surface area contributed by atoms with Gasteiger partial charge in [-0.05, 0) is 5.53 Å². The van der Waals surface area contributed by atoms with E-state index in [-0.39, 0.29) is 28.0 Å². The molecule has 0 amide bonds. The quantitative estimate of drug-likeness (QED) is 0.482. The lowest BCUT2D eigenvalue weighted by Gasteiger charge is -2.17. The fraction of sp³-hybridized carbons (Fsp3) is 0.0667. The summed E-state index contributed by atoms with van der Waals surface area (Å²) in [5.74, 6) is -1.85. The summed E-state index contributed by atoms with van der Waals surface area (Å²) in [7, 11) is 1.19. The smallest absolute Gasteiger partial charge is 0.248 e. The van der Waals surface area contributed by atoms with Crippen LogP contribution in [0.1, 0.15) is 21.0 Å². The van der Waals surface area contributed by atoms with Gasteiger partial charge in [0.15, 0.2) is 10.9 Å². The van der Waals surface area contributed by atoms with E-state index in [1.165, 1.54) is 7.11 Å². The molecule has 0 atom stereocenters. The third-order valence-corrected chi connectivity index (χ3v) is 3.58. The van der Waals surface area contributed by atoms with Crippen LogP contribution in [0.15, 0.2) is 46.9 Å². The molecule has 118 valence electrons. The van der Waals surface area contributed by atoms with Gasteiger partial charge in [0.2, 0.25) is 11.6 Å². The van der Waals surface area contributed by atoms with E-state index in [9.17, 15) is 9.59 Å². The van der Waals surface area contributed by atoms with Crippen LogP contribution in [0.4, 0.5) is 0 Å². The summed E-state index contributed by atoms with van der Waals surface area (Å²) in [6.45, 7) is 0. The van der Waals surface area contributed by atoms with Crippen molar-refractivity contribution in [3.05, 3.63) is 68.8 Å². The number of halogens is 1. The number of allylic oxidation sites excluding steroid dienone is 2. The van der Waals surface area contributed by atoms with Gasteiger partial charge in [0.1, 0.15) is 22.8 Å². The van der Waals surface area contributed by atoms with E-state index in [4.69, 9.17) is 21.9 Å². The van der Waals surface area contributed by atoms with E-state index in [1.807, 2.05) is 6.07 Å². The highest BCUT2D eigenvalue weighted by molar-refractivity contribution is 6.33. The number of carbonyl (C=O) groups is 2. The molecule has 1 aromatic heterocycles. The van der Waals surface area contributed by atoms with Crippen LogP contribution in [0, 0.1) is 0 Å². The molecule has 0 radical (unpaired) electrons. The van der Waals surface area contributed by atoms with Gasteiger partial charge in [-0.1, -0.05) is 47.0 Å². The number of benzene rings is 1. The largest absolute Gasteiger partial charge is 0.492 e. The Balaban J connectivity index is 2.25. The van der Waals surface area contributed by atoms with Crippen molar-refractivity contribution in [1.82, 2.24) is 9.97 Å². The number of rotatable bonds is 3. The van der Waals surface area contributed by atoms with Crippen LogP contribution in [0.5, 0.6) is 0 Å². The van der Waals surface area contributed by atoms with Crippen molar-refractivity contribution in [3.63, 3.8) is 0 Å². The zero-order chi connectivity index (χ0) is 17.3. The lowest BCUT2D eigenvalue weighted by atomic mass is 9.99. The minimum absolute atomic E-state index is 0.0243. The summed E-state index contributed by atoms with van der Waals surface area (Å²) < 4.78 is 4.88. The van der Waals surface area contributed by atoms with Gasteiger partial charge in [-0.25, -0.2) is 9.97 Å². The van der Waals surface area contributed by atoms with E-state index in [2.05, 4.69) is 20.0 Å². The number of hydrogen-bond donors (Lipinski definition) is 0. The Morgan fingerprint density at radius 3 is 2.38 bits per heavy atom. The molecule has 0 unspecified atom stereocenters. The van der Waals surface area contributed by atoms with Crippen LogP contribution in [-0.4, -0.2) is 28.6 Å². The van der Waals surface area contributed by atoms with Crippen molar-refractivity contribution < 1.29 is 14.3 Å². The maximum absolute atomic E-state index is 12.5. The maximum atomic E-state index is 12.5. The molecule has 0 saturated heterocycles. The molecule has 0 bridgehead atoms. The summed E-state index contributed by atoms with van der Waals surface area (Å²) in [4.78, 5) is 35.6. The normalized spacial score (nSPS) is 13.4. The van der Waals surface area contributed by atoms with Crippen LogP contribution >= 0.6 is 11.6 Å². The second-order valence-electron chi connectivity index (χ2n) is 4.66. The van der Waals surface area contributed by atoms with Gasteiger partial charge in [0.25, 0.3) is 0 Å². The van der Waals surface area contributed by atoms with Gasteiger partial charge in [0, 0.05) is 10.5 Å². The molecule has 0 aliphatic heterocycles. The minimum atomic E-state index is -0.749. The van der Waals surface area contributed by atoms with Crippen molar-refractivity contribution in [2.75, 3.05) is 7.11 Å². The number of methoxy groups -OCH3 is 1. The van der Waals surface area contributed by atoms with Crippen LogP contribution < -0.4 is 0 Å². The topological polar surface area (TPSA) is 118 Å². The zero-order valence-electron chi connectivity index (χ0n) is 12.2. The Kier molecular flexibility index (Phi) is 3.99. The van der Waals surface area contributed by atoms with Gasteiger partial charge in [-0.2, -0.15) is 0 Å². The van der Waals surface area contributed by atoms with Crippen molar-refractivity contribution in [2.45, 2.75) is 0 Å². The predicted molar refractivity (Wildman–Crippen MR) is 84.3 cm³/mol. The van der Waals surface area contributed by atoms with E-state index < -0.39 is 17.3 Å². The molecule has 1 aliphatic rings. The molecule has 0 fully saturated rings. The molecule has 1 aromatic carbocycles. The van der Waals surface area contributed by atoms with Gasteiger partial charge in [-0.15, -0.1) is 0 Å². The van der Waals surface area contributed by atoms with E-state index in [1.54, 1.807) is 24.3 Å². The van der Waals surface area contributed by atoms with Gasteiger partial charge >= 0.3 is 0 Å². The third-order valence-electron chi connectivity index (χ3n) is 3.32. The minimum Gasteiger partial charge on any atom is -0.492 e. The molecule has 24 heavy (non-hydrogen) atoms. The Labute approximate surface area is 140 Å². The molecule has 8 nitrogen and oxygen atoms in total. The van der Waals surface area contributed by atoms with Crippen LogP contribution in [0.3, 0.4) is 0 Å². The molecular formula is C15H8ClN5O3. The first-order chi connectivity index (χ1) is 11.6. The van der Waals surface area contributed by atoms with Crippen LogP contribution in [-0.2, 0) is 4.74 Å². The number of ether oxygens (including phenoxy) is 1. The molecule has 0 saturated carbocycles. The highest BCUT2D eigenvalue weighted by Crippen LogP contribution is 2.31. The first-order valence-corrected chi connectivity index (χ1v) is 7.02. The second kappa shape index (κ2) is 6.11. The summed E-state index contributed by atoms with van der Waals surface area (Å²) in [5.41, 5.74) is 8.57. The van der Waals surface area contributed by atoms with Crippen molar-refractivity contribution >= 4 is 23.2 Å². The van der Waals surface area contributed by atoms with Crippen LogP contribution in [0.2, 0.25) is 5.15 Å². The molecule has 9 heteroatoms. The molecule has 1 aliphatic carbocycles. The van der Waals surface area contributed by atoms with Gasteiger partial charge < -0.3 is 4.74 Å². The van der Waals surface area contributed by atoms with E-state index in [0.717, 1.165) is 0 Å². The monoisotopic (exact) mass is 341 g/mol. The molecule has 0 N–H and O–H groups in total. The van der Waals surface area contributed by atoms with E-state index >= 15 is 0 Å². The Morgan fingerprint density at radius 1 is 1.08 bits per heavy atom. The van der Waals surface area contributed by atoms with Gasteiger partial charge in [-0.3, -0.25) is 9.59 Å². The number of Topliss-reactive ketones (excluding diaryl/α,β-unsaturated/α-hetero) is 2. The first kappa shape index (κ1) is 15.7. The number of ketones is 2. The summed E-state index contributed by atoms with van der Waals surface area (Å²) in [6.07, 6.45) is 0. The molecule has 1 heterocycles. The number of aromatic nitrogens is 2. The second-order valence-corrected chi connectivity index (χ2v) is 5.01. The summed E-state index contributed by atoms with van der Waals surface area (Å²) in [5, 5.41) is 3.23. The molecule has 3 rings (SSSR count). The number of hydrogen-bond acceptors (Lipinski definition) is 6. The Morgan fingerprint density at radius 2 is 1.75 bits per heavy atom. The number of fused-ring (bicyclic) bond motifs is 1. The predicted octanol–water partition coefficient (Wildman–Crippen LogP) is 3.34. The highest BCUT2D eigenvalue weighted by atomic mass is 35.5. The lowest BCUT2D eigenvalue weighted by Crippen LogP contribution is -2.25. The average Bonchev–Trinajstić information content (AvgIpc) is 2.60. The Hall–Kier alpha value is -3.22. The molecule has 2 aromatic rings. The maximum Gasteiger partial charge on any atom is 0.248 e. The van der Waals surface area contributed by atoms with E-state index in [0.29, 0.717) is 5.56 Å². The average molecular weight is 342 g/mol. The number of azide groups is 1. The fourth-order valence-electron chi connectivity index (χ4n) is 2.27. The number of nitrogens with zero attached hydrogens (tertiary/aromatic N) is 5. The molecule has 0 spiro atoms. The van der Waals surface area contributed by atoms with Crippen molar-refractivity contribution in [3.8, 4) is 11.3 Å². The fourth-order valence-corrected chi connectivity index (χ4v) is 2.50. The Bertz CT molecular complexity index is 949. The lowest BCUT2D eigenvalue weighted by molar-refractivity contribution is 0.0897. The zero-order valence-corrected chi connectivity index (χ0v) is 13.0. The first-order valence-electron chi connectivity index (χ1n) is 6.64. The molecular weight excluding hydrogens is 334 g/mol. The summed E-state index contributed by atoms with van der Waals surface area (Å²) >= 11 is 6.12. The third kappa shape index (κ3) is 2.40. The highest BCUT2D eigenvalue weighted by Gasteiger charge is 2.36. The number of carbonyl (C=O) groups excluding carboxylic acids is 2.